The van der Waals surface area contributed by atoms with Gasteiger partial charge < -0.3 is 11.1 Å². The molecule has 5 heteroatoms. The summed E-state index contributed by atoms with van der Waals surface area (Å²) in [6, 6.07) is 7.75. The molecule has 2 amide bonds. The van der Waals surface area contributed by atoms with E-state index in [1.165, 1.54) is 5.56 Å². The van der Waals surface area contributed by atoms with E-state index in [0.29, 0.717) is 5.92 Å². The molecule has 0 saturated heterocycles. The first-order valence-electron chi connectivity index (χ1n) is 7.61. The monoisotopic (exact) mass is 305 g/mol. The molecule has 1 aromatic rings. The van der Waals surface area contributed by atoms with Gasteiger partial charge in [-0.05, 0) is 36.5 Å². The Balaban J connectivity index is 2.61. The van der Waals surface area contributed by atoms with E-state index in [9.17, 15) is 9.59 Å². The lowest BCUT2D eigenvalue weighted by atomic mass is 9.87. The standard InChI is InChI=1S/C17H27N3O2/c1-11(2)13-6-8-14(9-7-13)20-15(21)10-19-17(5,12(3)4)16(18)22/h6-9,11-12,19H,10H2,1-5H3,(H2,18,22)(H,20,21)/t17-/m1/s1. The fourth-order valence-corrected chi connectivity index (χ4v) is 2.00. The van der Waals surface area contributed by atoms with Gasteiger partial charge in [-0.1, -0.05) is 39.8 Å². The molecule has 122 valence electrons. The van der Waals surface area contributed by atoms with E-state index in [1.54, 1.807) is 6.92 Å². The number of amides is 2. The van der Waals surface area contributed by atoms with Crippen molar-refractivity contribution in [3.63, 3.8) is 0 Å². The van der Waals surface area contributed by atoms with E-state index >= 15 is 0 Å². The molecule has 0 bridgehead atoms. The number of nitrogens with two attached hydrogens (primary N) is 1. The molecular weight excluding hydrogens is 278 g/mol. The van der Waals surface area contributed by atoms with Gasteiger partial charge in [0.15, 0.2) is 0 Å². The van der Waals surface area contributed by atoms with Crippen LogP contribution in [0.4, 0.5) is 5.69 Å². The number of nitrogens with one attached hydrogen (secondary N) is 2. The molecule has 22 heavy (non-hydrogen) atoms. The van der Waals surface area contributed by atoms with Gasteiger partial charge in [-0.2, -0.15) is 0 Å². The summed E-state index contributed by atoms with van der Waals surface area (Å²) in [5.41, 5.74) is 6.48. The highest BCUT2D eigenvalue weighted by Gasteiger charge is 2.34. The molecule has 0 aromatic heterocycles. The zero-order valence-electron chi connectivity index (χ0n) is 14.1. The largest absolute Gasteiger partial charge is 0.368 e. The number of carbonyl (C=O) groups excluding carboxylic acids is 2. The number of primary amides is 1. The first-order chi connectivity index (χ1) is 10.2. The van der Waals surface area contributed by atoms with Crippen LogP contribution in [0, 0.1) is 5.92 Å². The normalized spacial score (nSPS) is 14.0. The zero-order chi connectivity index (χ0) is 16.9. The maximum Gasteiger partial charge on any atom is 0.238 e. The van der Waals surface area contributed by atoms with E-state index in [0.717, 1.165) is 5.69 Å². The van der Waals surface area contributed by atoms with Crippen molar-refractivity contribution in [3.8, 4) is 0 Å². The van der Waals surface area contributed by atoms with Crippen LogP contribution in [-0.4, -0.2) is 23.9 Å². The highest BCUT2D eigenvalue weighted by molar-refractivity contribution is 5.93. The lowest BCUT2D eigenvalue weighted by molar-refractivity contribution is -0.125. The van der Waals surface area contributed by atoms with Gasteiger partial charge in [-0.3, -0.25) is 14.9 Å². The lowest BCUT2D eigenvalue weighted by Crippen LogP contribution is -2.58. The van der Waals surface area contributed by atoms with Gasteiger partial charge >= 0.3 is 0 Å². The van der Waals surface area contributed by atoms with Gasteiger partial charge in [-0.15, -0.1) is 0 Å². The molecule has 0 heterocycles. The number of rotatable bonds is 7. The predicted molar refractivity (Wildman–Crippen MR) is 89.6 cm³/mol. The first kappa shape index (κ1) is 18.2. The number of carbonyl (C=O) groups is 2. The molecule has 0 aliphatic carbocycles. The Labute approximate surface area is 132 Å². The van der Waals surface area contributed by atoms with Crippen LogP contribution in [-0.2, 0) is 9.59 Å². The van der Waals surface area contributed by atoms with E-state index in [2.05, 4.69) is 24.5 Å². The van der Waals surface area contributed by atoms with Crippen LogP contribution in [0.1, 0.15) is 46.1 Å². The summed E-state index contributed by atoms with van der Waals surface area (Å²) < 4.78 is 0. The molecule has 0 saturated carbocycles. The number of anilines is 1. The van der Waals surface area contributed by atoms with Crippen molar-refractivity contribution in [1.82, 2.24) is 5.32 Å². The Hall–Kier alpha value is -1.88. The third-order valence-corrected chi connectivity index (χ3v) is 4.14. The van der Waals surface area contributed by atoms with E-state index in [-0.39, 0.29) is 18.4 Å². The average Bonchev–Trinajstić information content (AvgIpc) is 2.44. The number of hydrogen-bond donors (Lipinski definition) is 3. The molecule has 0 fully saturated rings. The minimum Gasteiger partial charge on any atom is -0.368 e. The van der Waals surface area contributed by atoms with Crippen molar-refractivity contribution in [2.24, 2.45) is 11.7 Å². The molecule has 0 radical (unpaired) electrons. The Kier molecular flexibility index (Phi) is 6.11. The van der Waals surface area contributed by atoms with Crippen molar-refractivity contribution < 1.29 is 9.59 Å². The minimum atomic E-state index is -0.904. The number of benzene rings is 1. The van der Waals surface area contributed by atoms with E-state index < -0.39 is 11.4 Å². The highest BCUT2D eigenvalue weighted by Crippen LogP contribution is 2.18. The SMILES string of the molecule is CC(C)c1ccc(NC(=O)CN[C@@](C)(C(N)=O)C(C)C)cc1. The summed E-state index contributed by atoms with van der Waals surface area (Å²) in [6.07, 6.45) is 0. The van der Waals surface area contributed by atoms with Crippen LogP contribution in [0.5, 0.6) is 0 Å². The maximum atomic E-state index is 12.0. The summed E-state index contributed by atoms with van der Waals surface area (Å²) >= 11 is 0. The molecule has 0 aliphatic heterocycles. The zero-order valence-corrected chi connectivity index (χ0v) is 14.1. The van der Waals surface area contributed by atoms with Crippen LogP contribution in [0.2, 0.25) is 0 Å². The molecule has 0 unspecified atom stereocenters. The second kappa shape index (κ2) is 7.40. The summed E-state index contributed by atoms with van der Waals surface area (Å²) in [5.74, 6) is -0.223. The molecule has 1 atom stereocenters. The van der Waals surface area contributed by atoms with Crippen molar-refractivity contribution in [3.05, 3.63) is 29.8 Å². The third kappa shape index (κ3) is 4.56. The fourth-order valence-electron chi connectivity index (χ4n) is 2.00. The van der Waals surface area contributed by atoms with Crippen LogP contribution < -0.4 is 16.4 Å². The van der Waals surface area contributed by atoms with Crippen molar-refractivity contribution in [1.29, 1.82) is 0 Å². The van der Waals surface area contributed by atoms with Gasteiger partial charge in [-0.25, -0.2) is 0 Å². The molecule has 4 N–H and O–H groups in total. The predicted octanol–water partition coefficient (Wildman–Crippen LogP) is 2.24. The Bertz CT molecular complexity index is 523. The van der Waals surface area contributed by atoms with Crippen molar-refractivity contribution >= 4 is 17.5 Å². The molecule has 1 rings (SSSR count). The van der Waals surface area contributed by atoms with Gasteiger partial charge in [0.05, 0.1) is 12.1 Å². The summed E-state index contributed by atoms with van der Waals surface area (Å²) in [7, 11) is 0. The second-order valence-electron chi connectivity index (χ2n) is 6.40. The van der Waals surface area contributed by atoms with Crippen molar-refractivity contribution in [2.45, 2.75) is 46.1 Å². The van der Waals surface area contributed by atoms with Crippen LogP contribution in [0.3, 0.4) is 0 Å². The van der Waals surface area contributed by atoms with Gasteiger partial charge in [0.25, 0.3) is 0 Å². The molecule has 5 nitrogen and oxygen atoms in total. The van der Waals surface area contributed by atoms with E-state index in [1.807, 2.05) is 38.1 Å². The van der Waals surface area contributed by atoms with Crippen LogP contribution >= 0.6 is 0 Å². The Morgan fingerprint density at radius 2 is 1.68 bits per heavy atom. The number of hydrogen-bond acceptors (Lipinski definition) is 3. The molecule has 0 aliphatic rings. The first-order valence-corrected chi connectivity index (χ1v) is 7.61. The minimum absolute atomic E-state index is 0.0110. The molecular formula is C17H27N3O2. The topological polar surface area (TPSA) is 84.2 Å². The average molecular weight is 305 g/mol. The fraction of sp³-hybridized carbons (Fsp3) is 0.529. The van der Waals surface area contributed by atoms with Crippen LogP contribution in [0.25, 0.3) is 0 Å². The highest BCUT2D eigenvalue weighted by atomic mass is 16.2. The third-order valence-electron chi connectivity index (χ3n) is 4.14. The maximum absolute atomic E-state index is 12.0. The smallest absolute Gasteiger partial charge is 0.238 e. The molecule has 1 aromatic carbocycles. The summed E-state index contributed by atoms with van der Waals surface area (Å²) in [5, 5.41) is 5.76. The summed E-state index contributed by atoms with van der Waals surface area (Å²) in [6.45, 7) is 9.76. The quantitative estimate of drug-likeness (QED) is 0.722. The Morgan fingerprint density at radius 3 is 2.09 bits per heavy atom. The lowest BCUT2D eigenvalue weighted by Gasteiger charge is -2.31. The van der Waals surface area contributed by atoms with Crippen molar-refractivity contribution in [2.75, 3.05) is 11.9 Å². The van der Waals surface area contributed by atoms with Gasteiger partial charge in [0.2, 0.25) is 11.8 Å². The molecule has 0 spiro atoms. The van der Waals surface area contributed by atoms with Gasteiger partial charge in [0, 0.05) is 5.69 Å². The summed E-state index contributed by atoms with van der Waals surface area (Å²) in [4.78, 5) is 23.6. The second-order valence-corrected chi connectivity index (χ2v) is 6.40. The Morgan fingerprint density at radius 1 is 1.14 bits per heavy atom. The van der Waals surface area contributed by atoms with E-state index in [4.69, 9.17) is 5.73 Å². The van der Waals surface area contributed by atoms with Crippen LogP contribution in [0.15, 0.2) is 24.3 Å². The van der Waals surface area contributed by atoms with Gasteiger partial charge in [0.1, 0.15) is 0 Å².